The zero-order valence-corrected chi connectivity index (χ0v) is 28.5. The molecule has 0 aromatic rings. The van der Waals surface area contributed by atoms with Crippen molar-refractivity contribution in [1.29, 1.82) is 0 Å². The SMILES string of the molecule is CC[C@H](C)[C@H](NC(=O)CNC(=O)[C@H](CO)NC(=O)[C@@H](N)CC(=O)O)C(=O)N[C@@H](CO)C(=O)N1CCC[C@H]1C(=O)N[C@@H](CCCN=C(N)N)C(=O)O. The number of likely N-dealkylation sites (tertiary alicyclic amines) is 1. The molecule has 1 rings (SSSR count). The van der Waals surface area contributed by atoms with Gasteiger partial charge in [0.1, 0.15) is 30.2 Å². The number of carboxylic acid groups (broad SMARTS) is 2. The Hall–Kier alpha value is -5.09. The molecule has 0 saturated carbocycles. The van der Waals surface area contributed by atoms with Crippen molar-refractivity contribution < 1.29 is 58.8 Å². The van der Waals surface area contributed by atoms with Crippen molar-refractivity contribution in [2.45, 2.75) is 88.6 Å². The third-order valence-corrected chi connectivity index (χ3v) is 7.98. The van der Waals surface area contributed by atoms with Crippen LogP contribution in [-0.4, -0.2) is 148 Å². The van der Waals surface area contributed by atoms with Crippen LogP contribution < -0.4 is 43.8 Å². The second kappa shape index (κ2) is 21.9. The van der Waals surface area contributed by atoms with Crippen molar-refractivity contribution in [1.82, 2.24) is 31.5 Å². The molecule has 1 heterocycles. The molecule has 0 spiro atoms. The Morgan fingerprint density at radius 3 is 2.06 bits per heavy atom. The van der Waals surface area contributed by atoms with Crippen molar-refractivity contribution in [3.05, 3.63) is 0 Å². The third kappa shape index (κ3) is 14.7. The topological polar surface area (TPSA) is 371 Å². The summed E-state index contributed by atoms with van der Waals surface area (Å²) in [6.45, 7) is 1.05. The number of aliphatic hydroxyl groups is 2. The monoisotopic (exact) mass is 730 g/mol. The van der Waals surface area contributed by atoms with E-state index in [1.54, 1.807) is 13.8 Å². The first-order valence-corrected chi connectivity index (χ1v) is 16.2. The van der Waals surface area contributed by atoms with E-state index in [0.717, 1.165) is 4.90 Å². The highest BCUT2D eigenvalue weighted by atomic mass is 16.4. The minimum atomic E-state index is -1.57. The van der Waals surface area contributed by atoms with Gasteiger partial charge >= 0.3 is 11.9 Å². The van der Waals surface area contributed by atoms with Crippen molar-refractivity contribution in [3.8, 4) is 0 Å². The smallest absolute Gasteiger partial charge is 0.326 e. The lowest BCUT2D eigenvalue weighted by atomic mass is 9.97. The number of rotatable bonds is 22. The number of amides is 6. The largest absolute Gasteiger partial charge is 0.481 e. The third-order valence-electron chi connectivity index (χ3n) is 7.98. The predicted molar refractivity (Wildman–Crippen MR) is 177 cm³/mol. The molecule has 1 fully saturated rings. The summed E-state index contributed by atoms with van der Waals surface area (Å²) in [6, 6.07) is -8.26. The van der Waals surface area contributed by atoms with E-state index < -0.39 is 116 Å². The summed E-state index contributed by atoms with van der Waals surface area (Å²) in [5, 5.41) is 49.3. The van der Waals surface area contributed by atoms with Crippen LogP contribution in [0.4, 0.5) is 0 Å². The maximum Gasteiger partial charge on any atom is 0.326 e. The molecule has 0 radical (unpaired) electrons. The summed E-state index contributed by atoms with van der Waals surface area (Å²) in [7, 11) is 0. The fraction of sp³-hybridized carbons (Fsp3) is 0.690. The first-order valence-electron chi connectivity index (χ1n) is 16.2. The molecular weight excluding hydrogens is 680 g/mol. The van der Waals surface area contributed by atoms with Gasteiger partial charge in [-0.05, 0) is 31.6 Å². The van der Waals surface area contributed by atoms with E-state index in [4.69, 9.17) is 22.3 Å². The van der Waals surface area contributed by atoms with Gasteiger partial charge in [0.05, 0.1) is 32.2 Å². The van der Waals surface area contributed by atoms with Crippen LogP contribution in [0, 0.1) is 5.92 Å². The second-order valence-corrected chi connectivity index (χ2v) is 11.9. The van der Waals surface area contributed by atoms with Gasteiger partial charge in [-0.3, -0.25) is 38.6 Å². The number of nitrogens with zero attached hydrogens (tertiary/aromatic N) is 2. The number of carboxylic acids is 2. The first kappa shape index (κ1) is 43.9. The Morgan fingerprint density at radius 1 is 0.882 bits per heavy atom. The maximum absolute atomic E-state index is 13.4. The summed E-state index contributed by atoms with van der Waals surface area (Å²) in [5.41, 5.74) is 16.0. The maximum atomic E-state index is 13.4. The van der Waals surface area contributed by atoms with Crippen LogP contribution >= 0.6 is 0 Å². The van der Waals surface area contributed by atoms with Crippen LogP contribution in [0.5, 0.6) is 0 Å². The Balaban J connectivity index is 2.90. The molecular formula is C29H50N10O12. The zero-order chi connectivity index (χ0) is 38.8. The van der Waals surface area contributed by atoms with Gasteiger partial charge in [-0.15, -0.1) is 0 Å². The molecule has 0 aromatic heterocycles. The number of carbonyl (C=O) groups is 8. The zero-order valence-electron chi connectivity index (χ0n) is 28.5. The van der Waals surface area contributed by atoms with E-state index >= 15 is 0 Å². The molecule has 51 heavy (non-hydrogen) atoms. The summed E-state index contributed by atoms with van der Waals surface area (Å²) in [6.07, 6.45) is 0.447. The lowest BCUT2D eigenvalue weighted by Gasteiger charge is -2.30. The summed E-state index contributed by atoms with van der Waals surface area (Å²) in [5.74, 6) is -8.69. The van der Waals surface area contributed by atoms with Crippen LogP contribution in [0.15, 0.2) is 4.99 Å². The minimum Gasteiger partial charge on any atom is -0.481 e. The van der Waals surface area contributed by atoms with Crippen LogP contribution in [0.25, 0.3) is 0 Å². The molecule has 22 heteroatoms. The van der Waals surface area contributed by atoms with E-state index in [0.29, 0.717) is 12.8 Å². The van der Waals surface area contributed by atoms with Crippen molar-refractivity contribution in [2.24, 2.45) is 28.1 Å². The number of hydrogen-bond donors (Lipinski definition) is 12. The van der Waals surface area contributed by atoms with Crippen molar-refractivity contribution in [3.63, 3.8) is 0 Å². The van der Waals surface area contributed by atoms with Gasteiger partial charge < -0.3 is 69.1 Å². The van der Waals surface area contributed by atoms with Gasteiger partial charge in [-0.1, -0.05) is 20.3 Å². The molecule has 0 unspecified atom stereocenters. The van der Waals surface area contributed by atoms with E-state index in [2.05, 4.69) is 31.6 Å². The van der Waals surface area contributed by atoms with Gasteiger partial charge in [0.2, 0.25) is 35.4 Å². The van der Waals surface area contributed by atoms with E-state index in [1.807, 2.05) is 0 Å². The Bertz CT molecular complexity index is 1290. The number of aliphatic carboxylic acids is 2. The number of guanidine groups is 1. The van der Waals surface area contributed by atoms with Crippen molar-refractivity contribution in [2.75, 3.05) is 32.8 Å². The summed E-state index contributed by atoms with van der Waals surface area (Å²) < 4.78 is 0. The van der Waals surface area contributed by atoms with Crippen LogP contribution in [0.2, 0.25) is 0 Å². The molecule has 0 bridgehead atoms. The highest BCUT2D eigenvalue weighted by Gasteiger charge is 2.39. The Labute approximate surface area is 293 Å². The highest BCUT2D eigenvalue weighted by molar-refractivity contribution is 5.96. The molecule has 0 aromatic carbocycles. The number of nitrogens with two attached hydrogens (primary N) is 3. The molecule has 6 amide bonds. The molecule has 1 aliphatic heterocycles. The summed E-state index contributed by atoms with van der Waals surface area (Å²) >= 11 is 0. The number of aliphatic imine (C=N–C) groups is 1. The molecule has 288 valence electrons. The van der Waals surface area contributed by atoms with Crippen molar-refractivity contribution >= 4 is 53.3 Å². The molecule has 1 aliphatic rings. The molecule has 7 atom stereocenters. The number of hydrogen-bond acceptors (Lipinski definition) is 12. The molecule has 1 saturated heterocycles. The highest BCUT2D eigenvalue weighted by Crippen LogP contribution is 2.19. The van der Waals surface area contributed by atoms with E-state index in [1.165, 1.54) is 0 Å². The fourth-order valence-electron chi connectivity index (χ4n) is 4.95. The standard InChI is InChI=1S/C29H50N10O12/c1-3-14(2)22(38-20(42)11-34-24(46)17(12-40)36-23(45)15(30)10-21(43)44)26(48)37-18(13-41)27(49)39-9-5-7-19(39)25(47)35-16(28(50)51)6-4-8-33-29(31)32/h14-19,22,40-41H,3-13,30H2,1-2H3,(H,34,46)(H,35,47)(H,36,45)(H,37,48)(H,38,42)(H,43,44)(H,50,51)(H4,31,32,33)/t14-,15-,16-,17-,18-,19-,22-/m0/s1. The van der Waals surface area contributed by atoms with E-state index in [9.17, 15) is 53.7 Å². The lowest BCUT2D eigenvalue weighted by molar-refractivity contribution is -0.145. The van der Waals surface area contributed by atoms with Gasteiger partial charge in [-0.25, -0.2) is 4.79 Å². The summed E-state index contributed by atoms with van der Waals surface area (Å²) in [4.78, 5) is 104. The normalized spacial score (nSPS) is 17.4. The van der Waals surface area contributed by atoms with Gasteiger partial charge in [0.25, 0.3) is 0 Å². The average Bonchev–Trinajstić information content (AvgIpc) is 3.57. The average molecular weight is 731 g/mol. The van der Waals surface area contributed by atoms with Gasteiger partial charge in [0.15, 0.2) is 5.96 Å². The quantitative estimate of drug-likeness (QED) is 0.0280. The van der Waals surface area contributed by atoms with Crippen LogP contribution in [0.1, 0.15) is 52.4 Å². The predicted octanol–water partition coefficient (Wildman–Crippen LogP) is -6.00. The van der Waals surface area contributed by atoms with Crippen LogP contribution in [-0.2, 0) is 38.4 Å². The second-order valence-electron chi connectivity index (χ2n) is 11.9. The van der Waals surface area contributed by atoms with Gasteiger partial charge in [-0.2, -0.15) is 0 Å². The Kier molecular flexibility index (Phi) is 18.8. The van der Waals surface area contributed by atoms with E-state index in [-0.39, 0.29) is 38.3 Å². The van der Waals surface area contributed by atoms with Gasteiger partial charge in [0, 0.05) is 13.1 Å². The lowest BCUT2D eigenvalue weighted by Crippen LogP contribution is -2.60. The van der Waals surface area contributed by atoms with Crippen LogP contribution in [0.3, 0.4) is 0 Å². The fourth-order valence-corrected chi connectivity index (χ4v) is 4.95. The Morgan fingerprint density at radius 2 is 1.51 bits per heavy atom. The number of aliphatic hydroxyl groups excluding tert-OH is 2. The first-order chi connectivity index (χ1) is 24.0. The molecule has 15 N–H and O–H groups in total. The molecule has 0 aliphatic carbocycles. The number of nitrogens with one attached hydrogen (secondary N) is 5. The molecule has 22 nitrogen and oxygen atoms in total. The number of carbonyl (C=O) groups excluding carboxylic acids is 6. The minimum absolute atomic E-state index is 0.00211.